The van der Waals surface area contributed by atoms with Crippen LogP contribution in [0.5, 0.6) is 0 Å². The molecule has 0 saturated carbocycles. The average Bonchev–Trinajstić information content (AvgIpc) is 3.25. The summed E-state index contributed by atoms with van der Waals surface area (Å²) in [7, 11) is 0. The van der Waals surface area contributed by atoms with Crippen LogP contribution in [0.15, 0.2) is 0 Å². The molecule has 240 valence electrons. The molecule has 0 aromatic rings. The zero-order valence-corrected chi connectivity index (χ0v) is 22.7. The third-order valence-electron chi connectivity index (χ3n) is 8.04. The first kappa shape index (κ1) is 33.2. The Kier molecular flexibility index (Phi) is 11.0. The Morgan fingerprint density at radius 1 is 0.415 bits per heavy atom. The molecule has 0 radical (unpaired) electrons. The van der Waals surface area contributed by atoms with Gasteiger partial charge in [0.2, 0.25) is 0 Å². The Balaban J connectivity index is 1.52. The van der Waals surface area contributed by atoms with Crippen molar-refractivity contribution in [1.29, 1.82) is 0 Å². The second kappa shape index (κ2) is 13.5. The highest BCUT2D eigenvalue weighted by Gasteiger charge is 2.54. The second-order valence-corrected chi connectivity index (χ2v) is 10.9. The first-order valence-corrected chi connectivity index (χ1v) is 13.5. The number of rotatable bonds is 8. The van der Waals surface area contributed by atoms with Crippen molar-refractivity contribution in [3.05, 3.63) is 0 Å². The molecule has 19 atom stereocenters. The molecule has 4 rings (SSSR count). The smallest absolute Gasteiger partial charge is 0.187 e. The summed E-state index contributed by atoms with van der Waals surface area (Å²) in [6.45, 7) is 3.15. The fraction of sp³-hybridized carbons (Fsp3) is 1.00. The lowest BCUT2D eigenvalue weighted by Crippen LogP contribution is -2.66. The summed E-state index contributed by atoms with van der Waals surface area (Å²) in [6, 6.07) is 0. The van der Waals surface area contributed by atoms with Gasteiger partial charge in [0.15, 0.2) is 18.9 Å². The summed E-state index contributed by atoms with van der Waals surface area (Å²) < 4.78 is 39.4. The number of hydrogen-bond donors (Lipinski definition) is 10. The van der Waals surface area contributed by atoms with E-state index in [4.69, 9.17) is 33.2 Å². The van der Waals surface area contributed by atoms with E-state index in [1.165, 1.54) is 20.8 Å². The van der Waals surface area contributed by atoms with Crippen molar-refractivity contribution in [2.45, 2.75) is 137 Å². The lowest BCUT2D eigenvalue weighted by molar-refractivity contribution is -0.386. The molecule has 4 saturated heterocycles. The fourth-order valence-electron chi connectivity index (χ4n) is 5.40. The van der Waals surface area contributed by atoms with E-state index in [0.717, 1.165) is 0 Å². The van der Waals surface area contributed by atoms with Crippen molar-refractivity contribution in [3.8, 4) is 0 Å². The Hall–Kier alpha value is -0.680. The molecule has 4 aliphatic rings. The highest BCUT2D eigenvalue weighted by Crippen LogP contribution is 2.34. The van der Waals surface area contributed by atoms with Gasteiger partial charge in [0.05, 0.1) is 31.5 Å². The molecular formula is C24H42O17. The van der Waals surface area contributed by atoms with Gasteiger partial charge >= 0.3 is 0 Å². The maximum atomic E-state index is 11.1. The predicted molar refractivity (Wildman–Crippen MR) is 129 cm³/mol. The lowest BCUT2D eigenvalue weighted by Gasteiger charge is -2.48. The first-order valence-electron chi connectivity index (χ1n) is 13.5. The van der Waals surface area contributed by atoms with E-state index in [1.54, 1.807) is 0 Å². The normalized spacial score (nSPS) is 54.8. The van der Waals surface area contributed by atoms with Gasteiger partial charge in [-0.05, 0) is 20.8 Å². The minimum absolute atomic E-state index is 0.562. The highest BCUT2D eigenvalue weighted by molar-refractivity contribution is 4.97. The second-order valence-electron chi connectivity index (χ2n) is 10.9. The van der Waals surface area contributed by atoms with Crippen LogP contribution in [0.2, 0.25) is 0 Å². The van der Waals surface area contributed by atoms with Crippen LogP contribution in [-0.2, 0) is 33.2 Å². The maximum Gasteiger partial charge on any atom is 0.187 e. The molecule has 10 N–H and O–H groups in total. The van der Waals surface area contributed by atoms with Crippen molar-refractivity contribution >= 4 is 0 Å². The minimum Gasteiger partial charge on any atom is -0.394 e. The largest absolute Gasteiger partial charge is 0.394 e. The van der Waals surface area contributed by atoms with E-state index in [2.05, 4.69) is 0 Å². The van der Waals surface area contributed by atoms with Crippen molar-refractivity contribution in [3.63, 3.8) is 0 Å². The molecule has 4 heterocycles. The molecule has 17 nitrogen and oxygen atoms in total. The van der Waals surface area contributed by atoms with Gasteiger partial charge in [-0.3, -0.25) is 0 Å². The zero-order valence-electron chi connectivity index (χ0n) is 22.7. The third-order valence-corrected chi connectivity index (χ3v) is 8.04. The fourth-order valence-corrected chi connectivity index (χ4v) is 5.40. The molecule has 0 bridgehead atoms. The van der Waals surface area contributed by atoms with Crippen LogP contribution in [0.3, 0.4) is 0 Å². The van der Waals surface area contributed by atoms with Crippen LogP contribution in [0.25, 0.3) is 0 Å². The highest BCUT2D eigenvalue weighted by atomic mass is 16.8. The number of aliphatic hydroxyl groups is 10. The van der Waals surface area contributed by atoms with E-state index in [-0.39, 0.29) is 0 Å². The molecule has 17 heteroatoms. The van der Waals surface area contributed by atoms with Crippen molar-refractivity contribution in [2.75, 3.05) is 13.2 Å². The summed E-state index contributed by atoms with van der Waals surface area (Å²) in [5.41, 5.74) is 0. The van der Waals surface area contributed by atoms with Crippen LogP contribution in [-0.4, -0.2) is 181 Å². The van der Waals surface area contributed by atoms with Gasteiger partial charge in [0.25, 0.3) is 0 Å². The van der Waals surface area contributed by atoms with Crippen molar-refractivity contribution < 1.29 is 84.2 Å². The molecule has 0 aliphatic carbocycles. The van der Waals surface area contributed by atoms with Crippen LogP contribution >= 0.6 is 0 Å². The first-order chi connectivity index (χ1) is 19.3. The molecule has 41 heavy (non-hydrogen) atoms. The summed E-state index contributed by atoms with van der Waals surface area (Å²) >= 11 is 0. The Labute approximate surface area is 235 Å². The van der Waals surface area contributed by atoms with E-state index >= 15 is 0 Å². The molecule has 4 aliphatic heterocycles. The van der Waals surface area contributed by atoms with E-state index in [0.29, 0.717) is 0 Å². The Morgan fingerprint density at radius 2 is 0.878 bits per heavy atom. The van der Waals surface area contributed by atoms with Gasteiger partial charge in [-0.15, -0.1) is 0 Å². The van der Waals surface area contributed by atoms with Crippen LogP contribution in [0, 0.1) is 0 Å². The maximum absolute atomic E-state index is 11.1. The Morgan fingerprint density at radius 3 is 1.46 bits per heavy atom. The topological polar surface area (TPSA) is 267 Å². The van der Waals surface area contributed by atoms with E-state index in [1.807, 2.05) is 0 Å². The van der Waals surface area contributed by atoms with Gasteiger partial charge in [0, 0.05) is 0 Å². The predicted octanol–water partition coefficient (Wildman–Crippen LogP) is -5.98. The molecule has 0 unspecified atom stereocenters. The van der Waals surface area contributed by atoms with Crippen LogP contribution < -0.4 is 0 Å². The number of hydrogen-bond acceptors (Lipinski definition) is 17. The van der Waals surface area contributed by atoms with Crippen LogP contribution in [0.1, 0.15) is 20.8 Å². The van der Waals surface area contributed by atoms with Gasteiger partial charge in [-0.2, -0.15) is 0 Å². The molecular weight excluding hydrogens is 560 g/mol. The summed E-state index contributed by atoms with van der Waals surface area (Å²) in [4.78, 5) is 0. The van der Waals surface area contributed by atoms with Gasteiger partial charge < -0.3 is 84.2 Å². The minimum atomic E-state index is -1.76. The van der Waals surface area contributed by atoms with Gasteiger partial charge in [0.1, 0.15) is 79.4 Å². The molecule has 4 fully saturated rings. The molecule has 0 aromatic carbocycles. The summed E-state index contributed by atoms with van der Waals surface area (Å²) in [5, 5.41) is 103. The standard InChI is InChI=1S/C24H42O17/c1-6-11(27)15(31)17(33)22(35-6)41-21-16(32)12(28)7(2)37-24(21)40-20-13(29)8(3)36-23(18(20)34)39-19-10(5-26)38-9(4-25)14(19)30/h6-34H,4-5H2,1-3H3/t6-,7-,8-,9-,10-,11-,12-,13-,14-,15+,16+,17+,18+,19-,20+,21+,22-,23-,24-/m0/s1. The Bertz CT molecular complexity index is 836. The SMILES string of the molecule is C[C@@H]1O[C@@H](O[C@H]2[C@H](O[C@@H]3[C@@H](O)[C@H](C)O[C@@H](O[C@@H]4[C@@H](O)[C@H](CO)O[C@H]4CO)[C@@H]3O)O[C@@H](C)[C@H](O)[C@H]2O)[C@H](O)[C@H](O)[C@H]1O. The van der Waals surface area contributed by atoms with Crippen LogP contribution in [0.4, 0.5) is 0 Å². The molecule has 0 amide bonds. The third kappa shape index (κ3) is 6.57. The van der Waals surface area contributed by atoms with Crippen molar-refractivity contribution in [1.82, 2.24) is 0 Å². The van der Waals surface area contributed by atoms with E-state index in [9.17, 15) is 51.1 Å². The van der Waals surface area contributed by atoms with E-state index < -0.39 is 130 Å². The zero-order chi connectivity index (χ0) is 30.3. The number of ether oxygens (including phenoxy) is 7. The quantitative estimate of drug-likeness (QED) is 0.124. The summed E-state index contributed by atoms with van der Waals surface area (Å²) in [6.07, 6.45) is -26.9. The lowest BCUT2D eigenvalue weighted by atomic mass is 9.96. The van der Waals surface area contributed by atoms with Gasteiger partial charge in [-0.1, -0.05) is 0 Å². The summed E-state index contributed by atoms with van der Waals surface area (Å²) in [5.74, 6) is 0. The molecule has 0 spiro atoms. The molecule has 0 aromatic heterocycles. The average molecular weight is 603 g/mol. The van der Waals surface area contributed by atoms with Gasteiger partial charge in [-0.25, -0.2) is 0 Å². The van der Waals surface area contributed by atoms with Crippen molar-refractivity contribution in [2.24, 2.45) is 0 Å². The number of aliphatic hydroxyl groups excluding tert-OH is 10. The monoisotopic (exact) mass is 602 g/mol.